The van der Waals surface area contributed by atoms with Crippen molar-refractivity contribution in [1.82, 2.24) is 4.98 Å². The van der Waals surface area contributed by atoms with Crippen LogP contribution in [-0.2, 0) is 4.79 Å². The van der Waals surface area contributed by atoms with Gasteiger partial charge in [-0.05, 0) is 26.0 Å². The summed E-state index contributed by atoms with van der Waals surface area (Å²) in [6, 6.07) is 3.81. The lowest BCUT2D eigenvalue weighted by Gasteiger charge is -2.35. The van der Waals surface area contributed by atoms with Crippen LogP contribution in [0.4, 0.5) is 5.82 Å². The number of H-pyrrole nitrogens is 1. The summed E-state index contributed by atoms with van der Waals surface area (Å²) in [5, 5.41) is 8.76. The van der Waals surface area contributed by atoms with E-state index in [2.05, 4.69) is 4.98 Å². The Balaban J connectivity index is 2.77. The number of rotatable bonds is 4. The summed E-state index contributed by atoms with van der Waals surface area (Å²) >= 11 is 0. The lowest BCUT2D eigenvalue weighted by Crippen LogP contribution is -2.43. The summed E-state index contributed by atoms with van der Waals surface area (Å²) in [5.41, 5.74) is -0.392. The average Bonchev–Trinajstić information content (AvgIpc) is 2.51. The highest BCUT2D eigenvalue weighted by atomic mass is 16.4. The lowest BCUT2D eigenvalue weighted by atomic mass is 9.99. The number of hydrogen-bond acceptors (Lipinski definition) is 2. The van der Waals surface area contributed by atoms with Crippen molar-refractivity contribution in [2.75, 3.05) is 11.9 Å². The summed E-state index contributed by atoms with van der Waals surface area (Å²) in [5.74, 6) is 0.143. The van der Waals surface area contributed by atoms with Crippen molar-refractivity contribution in [3.8, 4) is 0 Å². The van der Waals surface area contributed by atoms with Crippen molar-refractivity contribution < 1.29 is 9.90 Å². The Morgan fingerprint density at radius 2 is 2.29 bits per heavy atom. The molecule has 0 bridgehead atoms. The van der Waals surface area contributed by atoms with Gasteiger partial charge in [0.1, 0.15) is 5.82 Å². The van der Waals surface area contributed by atoms with Gasteiger partial charge < -0.3 is 15.0 Å². The molecule has 1 rings (SSSR count). The number of carbonyl (C=O) groups is 1. The molecule has 14 heavy (non-hydrogen) atoms. The number of hydrogen-bond donors (Lipinski definition) is 2. The van der Waals surface area contributed by atoms with Gasteiger partial charge >= 0.3 is 5.97 Å². The van der Waals surface area contributed by atoms with Gasteiger partial charge in [-0.2, -0.15) is 0 Å². The van der Waals surface area contributed by atoms with Crippen molar-refractivity contribution >= 4 is 11.8 Å². The number of anilines is 1. The van der Waals surface area contributed by atoms with E-state index in [4.69, 9.17) is 5.11 Å². The predicted octanol–water partition coefficient (Wildman–Crippen LogP) is 1.70. The van der Waals surface area contributed by atoms with Crippen LogP contribution in [0.1, 0.15) is 20.3 Å². The molecule has 0 atom stereocenters. The maximum Gasteiger partial charge on any atom is 0.305 e. The minimum Gasteiger partial charge on any atom is -0.481 e. The molecule has 1 aromatic rings. The first-order valence-corrected chi connectivity index (χ1v) is 4.52. The minimum absolute atomic E-state index is 0.114. The highest BCUT2D eigenvalue weighted by Crippen LogP contribution is 2.22. The van der Waals surface area contributed by atoms with Crippen molar-refractivity contribution in [2.24, 2.45) is 0 Å². The van der Waals surface area contributed by atoms with Crippen molar-refractivity contribution in [3.05, 3.63) is 18.3 Å². The normalized spacial score (nSPS) is 11.4. The quantitative estimate of drug-likeness (QED) is 0.770. The number of aromatic amines is 1. The van der Waals surface area contributed by atoms with E-state index < -0.39 is 11.5 Å². The molecule has 78 valence electrons. The highest BCUT2D eigenvalue weighted by Gasteiger charge is 2.27. The van der Waals surface area contributed by atoms with Gasteiger partial charge in [0.25, 0.3) is 0 Å². The van der Waals surface area contributed by atoms with Crippen LogP contribution in [0.25, 0.3) is 0 Å². The third-order valence-electron chi connectivity index (χ3n) is 2.43. The lowest BCUT2D eigenvalue weighted by molar-refractivity contribution is -0.138. The van der Waals surface area contributed by atoms with Crippen LogP contribution in [0.5, 0.6) is 0 Å². The van der Waals surface area contributed by atoms with E-state index in [0.717, 1.165) is 5.82 Å². The first-order chi connectivity index (χ1) is 6.43. The summed E-state index contributed by atoms with van der Waals surface area (Å²) < 4.78 is 0. The summed E-state index contributed by atoms with van der Waals surface area (Å²) in [4.78, 5) is 15.6. The van der Waals surface area contributed by atoms with Crippen LogP contribution >= 0.6 is 0 Å². The zero-order valence-corrected chi connectivity index (χ0v) is 8.74. The fourth-order valence-corrected chi connectivity index (χ4v) is 1.34. The molecule has 4 nitrogen and oxygen atoms in total. The van der Waals surface area contributed by atoms with Crippen molar-refractivity contribution in [2.45, 2.75) is 25.8 Å². The fraction of sp³-hybridized carbons (Fsp3) is 0.500. The van der Waals surface area contributed by atoms with Gasteiger partial charge in [-0.3, -0.25) is 4.79 Å². The summed E-state index contributed by atoms with van der Waals surface area (Å²) in [7, 11) is 1.88. The smallest absolute Gasteiger partial charge is 0.305 e. The van der Waals surface area contributed by atoms with Crippen LogP contribution in [-0.4, -0.2) is 28.6 Å². The molecular weight excluding hydrogens is 180 g/mol. The summed E-state index contributed by atoms with van der Waals surface area (Å²) in [6.45, 7) is 3.81. The van der Waals surface area contributed by atoms with Crippen LogP contribution < -0.4 is 4.90 Å². The molecule has 0 aliphatic rings. The maximum absolute atomic E-state index is 10.7. The third kappa shape index (κ3) is 2.28. The monoisotopic (exact) mass is 196 g/mol. The van der Waals surface area contributed by atoms with Crippen LogP contribution in [0, 0.1) is 0 Å². The molecule has 1 aromatic heterocycles. The molecule has 0 aromatic carbocycles. The Hall–Kier alpha value is -1.45. The number of carboxylic acids is 1. The second-order valence-corrected chi connectivity index (χ2v) is 4.00. The van der Waals surface area contributed by atoms with E-state index in [-0.39, 0.29) is 6.42 Å². The Morgan fingerprint density at radius 1 is 1.64 bits per heavy atom. The maximum atomic E-state index is 10.7. The molecule has 1 heterocycles. The van der Waals surface area contributed by atoms with Gasteiger partial charge in [-0.15, -0.1) is 0 Å². The fourth-order valence-electron chi connectivity index (χ4n) is 1.34. The molecule has 4 heteroatoms. The van der Waals surface area contributed by atoms with Gasteiger partial charge in [-0.25, -0.2) is 0 Å². The molecule has 0 aliphatic carbocycles. The number of carboxylic acid groups (broad SMARTS) is 1. The summed E-state index contributed by atoms with van der Waals surface area (Å²) in [6.07, 6.45) is 1.94. The van der Waals surface area contributed by atoms with Crippen LogP contribution in [0.2, 0.25) is 0 Å². The zero-order valence-electron chi connectivity index (χ0n) is 8.74. The third-order valence-corrected chi connectivity index (χ3v) is 2.43. The molecule has 2 N–H and O–H groups in total. The van der Waals surface area contributed by atoms with Crippen LogP contribution in [0.15, 0.2) is 18.3 Å². The van der Waals surface area contributed by atoms with E-state index >= 15 is 0 Å². The Labute approximate surface area is 83.5 Å². The topological polar surface area (TPSA) is 56.3 Å². The van der Waals surface area contributed by atoms with Gasteiger partial charge in [-0.1, -0.05) is 0 Å². The van der Waals surface area contributed by atoms with Crippen molar-refractivity contribution in [3.63, 3.8) is 0 Å². The van der Waals surface area contributed by atoms with Crippen molar-refractivity contribution in [1.29, 1.82) is 0 Å². The minimum atomic E-state index is -0.784. The highest BCUT2D eigenvalue weighted by molar-refractivity contribution is 5.69. The Kier molecular flexibility index (Phi) is 2.84. The zero-order chi connectivity index (χ0) is 10.8. The average molecular weight is 196 g/mol. The Bertz CT molecular complexity index is 304. The van der Waals surface area contributed by atoms with E-state index in [1.54, 1.807) is 0 Å². The first kappa shape index (κ1) is 10.6. The van der Waals surface area contributed by atoms with Gasteiger partial charge in [0.05, 0.1) is 6.42 Å². The molecule has 0 fully saturated rings. The second kappa shape index (κ2) is 3.74. The SMILES string of the molecule is CN(c1ccc[nH]1)C(C)(C)CC(=O)O. The number of nitrogens with one attached hydrogen (secondary N) is 1. The molecule has 0 radical (unpaired) electrons. The second-order valence-electron chi connectivity index (χ2n) is 4.00. The number of nitrogens with zero attached hydrogens (tertiary/aromatic N) is 1. The molecule has 0 amide bonds. The molecule has 0 spiro atoms. The van der Waals surface area contributed by atoms with E-state index in [9.17, 15) is 4.79 Å². The molecular formula is C10H16N2O2. The van der Waals surface area contributed by atoms with Crippen LogP contribution in [0.3, 0.4) is 0 Å². The standard InChI is InChI=1S/C10H16N2O2/c1-10(2,7-9(13)14)12(3)8-5-4-6-11-8/h4-6,11H,7H2,1-3H3,(H,13,14). The molecule has 0 unspecified atom stereocenters. The van der Waals surface area contributed by atoms with E-state index in [1.165, 1.54) is 0 Å². The predicted molar refractivity (Wildman–Crippen MR) is 55.5 cm³/mol. The van der Waals surface area contributed by atoms with Gasteiger partial charge in [0.15, 0.2) is 0 Å². The van der Waals surface area contributed by atoms with Gasteiger partial charge in [0, 0.05) is 18.8 Å². The Morgan fingerprint density at radius 3 is 2.71 bits per heavy atom. The molecule has 0 aliphatic heterocycles. The largest absolute Gasteiger partial charge is 0.481 e. The van der Waals surface area contributed by atoms with Gasteiger partial charge in [0.2, 0.25) is 0 Å². The number of aliphatic carboxylic acids is 1. The number of aromatic nitrogens is 1. The first-order valence-electron chi connectivity index (χ1n) is 4.52. The van der Waals surface area contributed by atoms with E-state index in [1.807, 2.05) is 44.1 Å². The molecule has 0 saturated heterocycles. The molecule has 0 saturated carbocycles. The van der Waals surface area contributed by atoms with E-state index in [0.29, 0.717) is 0 Å².